The van der Waals surface area contributed by atoms with Crippen LogP contribution < -0.4 is 10.7 Å². The van der Waals surface area contributed by atoms with Crippen molar-refractivity contribution in [1.29, 1.82) is 0 Å². The number of nitrogens with two attached hydrogens (primary N) is 1. The van der Waals surface area contributed by atoms with Gasteiger partial charge in [0.2, 0.25) is 10.0 Å². The molecule has 1 aliphatic rings. The smallest absolute Gasteiger partial charge is 0.307 e. The Kier molecular flexibility index (Phi) is 5.50. The van der Waals surface area contributed by atoms with E-state index < -0.39 is 15.9 Å². The maximum Gasteiger partial charge on any atom is 0.307 e. The number of benzene rings is 1. The van der Waals surface area contributed by atoms with Crippen LogP contribution in [-0.4, -0.2) is 50.5 Å². The molecule has 0 atom stereocenters. The lowest BCUT2D eigenvalue weighted by atomic mass is 10.1. The Morgan fingerprint density at radius 2 is 1.88 bits per heavy atom. The summed E-state index contributed by atoms with van der Waals surface area (Å²) in [5, 5.41) is 6.13. The summed E-state index contributed by atoms with van der Waals surface area (Å²) >= 11 is 0. The molecule has 0 unspecified atom stereocenters. The van der Waals surface area contributed by atoms with Crippen molar-refractivity contribution < 1.29 is 22.9 Å². The van der Waals surface area contributed by atoms with Crippen molar-refractivity contribution in [1.82, 2.24) is 9.73 Å². The second kappa shape index (κ2) is 7.81. The van der Waals surface area contributed by atoms with Crippen LogP contribution in [0.5, 0.6) is 0 Å². The van der Waals surface area contributed by atoms with Crippen molar-refractivity contribution in [3.05, 3.63) is 54.0 Å². The molecule has 138 valence electrons. The van der Waals surface area contributed by atoms with Gasteiger partial charge in [-0.25, -0.2) is 13.8 Å². The van der Waals surface area contributed by atoms with Gasteiger partial charge in [0.05, 0.1) is 43.0 Å². The molecular formula is C17H21N4O4S+. The number of hydrazone groups is 1. The van der Waals surface area contributed by atoms with Crippen LogP contribution in [0.4, 0.5) is 0 Å². The Morgan fingerprint density at radius 3 is 2.50 bits per heavy atom. The summed E-state index contributed by atoms with van der Waals surface area (Å²) < 4.78 is 31.8. The Morgan fingerprint density at radius 1 is 1.19 bits per heavy atom. The number of rotatable bonds is 5. The third-order valence-corrected chi connectivity index (χ3v) is 6.06. The predicted molar refractivity (Wildman–Crippen MR) is 95.2 cm³/mol. The molecular weight excluding hydrogens is 356 g/mol. The van der Waals surface area contributed by atoms with Crippen LogP contribution in [-0.2, 0) is 10.0 Å². The molecule has 2 aromatic rings. The van der Waals surface area contributed by atoms with Crippen LogP contribution in [0, 0.1) is 0 Å². The summed E-state index contributed by atoms with van der Waals surface area (Å²) in [4.78, 5) is 12.1. The largest absolute Gasteiger partial charge is 0.459 e. The molecule has 1 aliphatic heterocycles. The average molecular weight is 377 g/mol. The van der Waals surface area contributed by atoms with E-state index in [9.17, 15) is 13.2 Å². The van der Waals surface area contributed by atoms with Gasteiger partial charge in [-0.15, -0.1) is 0 Å². The fourth-order valence-corrected chi connectivity index (χ4v) is 4.12. The molecule has 0 spiro atoms. The maximum atomic E-state index is 12.6. The topological polar surface area (TPSA) is 109 Å². The van der Waals surface area contributed by atoms with E-state index in [2.05, 4.69) is 15.8 Å². The summed E-state index contributed by atoms with van der Waals surface area (Å²) in [5.74, 6) is -0.280. The zero-order chi connectivity index (χ0) is 18.6. The number of furan rings is 1. The molecule has 0 radical (unpaired) electrons. The van der Waals surface area contributed by atoms with E-state index in [1.54, 1.807) is 37.3 Å². The molecule has 0 saturated carbocycles. The number of carbonyl (C=O) groups is 1. The van der Waals surface area contributed by atoms with Gasteiger partial charge in [-0.2, -0.15) is 9.41 Å². The monoisotopic (exact) mass is 377 g/mol. The average Bonchev–Trinajstić information content (AvgIpc) is 3.21. The molecule has 0 bridgehead atoms. The van der Waals surface area contributed by atoms with Crippen LogP contribution in [0.25, 0.3) is 0 Å². The highest BCUT2D eigenvalue weighted by Gasteiger charge is 2.27. The third-order valence-electron chi connectivity index (χ3n) is 4.15. The zero-order valence-electron chi connectivity index (χ0n) is 14.4. The molecule has 9 heteroatoms. The number of nitrogens with zero attached hydrogens (tertiary/aromatic N) is 2. The van der Waals surface area contributed by atoms with Crippen molar-refractivity contribution in [2.45, 2.75) is 11.8 Å². The first-order valence-electron chi connectivity index (χ1n) is 8.29. The molecule has 1 fully saturated rings. The van der Waals surface area contributed by atoms with Crippen molar-refractivity contribution in [3.8, 4) is 0 Å². The van der Waals surface area contributed by atoms with Crippen LogP contribution in [0.2, 0.25) is 0 Å². The Bertz CT molecular complexity index is 883. The first-order chi connectivity index (χ1) is 12.5. The van der Waals surface area contributed by atoms with E-state index in [1.807, 2.05) is 0 Å². The summed E-state index contributed by atoms with van der Waals surface area (Å²) in [5.41, 5.74) is 3.68. The van der Waals surface area contributed by atoms with Crippen molar-refractivity contribution in [3.63, 3.8) is 0 Å². The molecule has 1 amide bonds. The van der Waals surface area contributed by atoms with E-state index in [4.69, 9.17) is 4.42 Å². The zero-order valence-corrected chi connectivity index (χ0v) is 15.2. The molecule has 8 nitrogen and oxygen atoms in total. The highest BCUT2D eigenvalue weighted by molar-refractivity contribution is 7.89. The Labute approximate surface area is 151 Å². The lowest BCUT2D eigenvalue weighted by Gasteiger charge is -2.24. The number of nitrogens with one attached hydrogen (secondary N) is 1. The molecule has 1 aromatic heterocycles. The lowest BCUT2D eigenvalue weighted by Crippen LogP contribution is -2.89. The van der Waals surface area contributed by atoms with Crippen LogP contribution in [0.15, 0.2) is 57.1 Å². The van der Waals surface area contributed by atoms with Gasteiger partial charge < -0.3 is 9.73 Å². The SMILES string of the molecule is C/C(=N/NC(=O)c1ccco1)c1ccc(S(=O)(=O)N2CC[NH2+]CC2)cc1. The quantitative estimate of drug-likeness (QED) is 0.565. The maximum absolute atomic E-state index is 12.6. The van der Waals surface area contributed by atoms with E-state index in [1.165, 1.54) is 16.6 Å². The first-order valence-corrected chi connectivity index (χ1v) is 9.73. The summed E-state index contributed by atoms with van der Waals surface area (Å²) in [6.07, 6.45) is 1.41. The fraction of sp³-hybridized carbons (Fsp3) is 0.294. The molecule has 2 heterocycles. The normalized spacial score (nSPS) is 16.4. The number of amides is 1. The van der Waals surface area contributed by atoms with Gasteiger partial charge in [-0.3, -0.25) is 4.79 Å². The minimum atomic E-state index is -3.47. The van der Waals surface area contributed by atoms with E-state index in [-0.39, 0.29) is 10.7 Å². The summed E-state index contributed by atoms with van der Waals surface area (Å²) in [6.45, 7) is 4.32. The standard InChI is InChI=1S/C17H20N4O4S/c1-13(19-20-17(22)16-3-2-12-25-16)14-4-6-15(7-5-14)26(23,24)21-10-8-18-9-11-21/h2-7,12,18H,8-11H2,1H3,(H,20,22)/p+1/b19-13-. The van der Waals surface area contributed by atoms with Crippen LogP contribution in [0.3, 0.4) is 0 Å². The second-order valence-corrected chi connectivity index (χ2v) is 7.85. The highest BCUT2D eigenvalue weighted by Crippen LogP contribution is 2.16. The fourth-order valence-electron chi connectivity index (χ4n) is 2.65. The Balaban J connectivity index is 1.70. The van der Waals surface area contributed by atoms with E-state index in [0.29, 0.717) is 18.8 Å². The van der Waals surface area contributed by atoms with Gasteiger partial charge >= 0.3 is 5.91 Å². The van der Waals surface area contributed by atoms with Gasteiger partial charge in [0.15, 0.2) is 5.76 Å². The van der Waals surface area contributed by atoms with E-state index in [0.717, 1.165) is 18.7 Å². The van der Waals surface area contributed by atoms with Crippen molar-refractivity contribution >= 4 is 21.6 Å². The van der Waals surface area contributed by atoms with Crippen LogP contribution in [0.1, 0.15) is 23.0 Å². The van der Waals surface area contributed by atoms with Gasteiger partial charge in [0.25, 0.3) is 0 Å². The number of sulfonamides is 1. The minimum absolute atomic E-state index is 0.168. The van der Waals surface area contributed by atoms with Crippen LogP contribution >= 0.6 is 0 Å². The van der Waals surface area contributed by atoms with Gasteiger partial charge in [0.1, 0.15) is 0 Å². The van der Waals surface area contributed by atoms with Crippen molar-refractivity contribution in [2.75, 3.05) is 26.2 Å². The second-order valence-electron chi connectivity index (χ2n) is 5.91. The lowest BCUT2D eigenvalue weighted by molar-refractivity contribution is -0.661. The molecule has 26 heavy (non-hydrogen) atoms. The summed E-state index contributed by atoms with van der Waals surface area (Å²) in [6, 6.07) is 9.65. The third kappa shape index (κ3) is 4.01. The number of hydrogen-bond donors (Lipinski definition) is 2. The van der Waals surface area contributed by atoms with Gasteiger partial charge in [-0.05, 0) is 36.8 Å². The highest BCUT2D eigenvalue weighted by atomic mass is 32.2. The first kappa shape index (κ1) is 18.3. The van der Waals surface area contributed by atoms with Gasteiger partial charge in [-0.1, -0.05) is 12.1 Å². The molecule has 0 aliphatic carbocycles. The van der Waals surface area contributed by atoms with E-state index >= 15 is 0 Å². The van der Waals surface area contributed by atoms with Crippen molar-refractivity contribution in [2.24, 2.45) is 5.10 Å². The summed E-state index contributed by atoms with van der Waals surface area (Å²) in [7, 11) is -3.47. The Hall–Kier alpha value is -2.49. The van der Waals surface area contributed by atoms with Gasteiger partial charge in [0, 0.05) is 0 Å². The number of carbonyl (C=O) groups excluding carboxylic acids is 1. The molecule has 3 rings (SSSR count). The number of piperazine rings is 1. The molecule has 3 N–H and O–H groups in total. The number of quaternary nitrogens is 1. The molecule has 1 aromatic carbocycles. The number of hydrogen-bond acceptors (Lipinski definition) is 5. The minimum Gasteiger partial charge on any atom is -0.459 e. The predicted octanol–water partition coefficient (Wildman–Crippen LogP) is 0.00130. The molecule has 1 saturated heterocycles.